The van der Waals surface area contributed by atoms with Gasteiger partial charge in [0.25, 0.3) is 0 Å². The number of hydrogen-bond donors (Lipinski definition) is 1. The Kier molecular flexibility index (Phi) is 9.12. The van der Waals surface area contributed by atoms with Crippen molar-refractivity contribution in [3.8, 4) is 11.9 Å². The summed E-state index contributed by atoms with van der Waals surface area (Å²) >= 11 is 0. The first-order valence-corrected chi connectivity index (χ1v) is 14.9. The molecule has 4 heterocycles. The molecule has 0 bridgehead atoms. The number of pyridine rings is 1. The molecule has 1 unspecified atom stereocenters. The largest absolute Gasteiger partial charge is 0.478 e. The first-order chi connectivity index (χ1) is 21.4. The van der Waals surface area contributed by atoms with E-state index in [0.717, 1.165) is 67.9 Å². The second-order valence-corrected chi connectivity index (χ2v) is 11.2. The Bertz CT molecular complexity index is 1670. The summed E-state index contributed by atoms with van der Waals surface area (Å²) < 4.78 is 34.1. The molecule has 4 aromatic rings. The maximum absolute atomic E-state index is 14.2. The second-order valence-electron chi connectivity index (χ2n) is 11.2. The van der Waals surface area contributed by atoms with Crippen LogP contribution in [-0.2, 0) is 35.8 Å². The molecule has 228 valence electrons. The maximum atomic E-state index is 14.2. The Hall–Kier alpha value is -4.37. The minimum Gasteiger partial charge on any atom is -0.478 e. The zero-order valence-electron chi connectivity index (χ0n) is 24.3. The lowest BCUT2D eigenvalue weighted by molar-refractivity contribution is -0.00608. The number of carboxylic acid groups (broad SMARTS) is 1. The number of nitriles is 1. The Balaban J connectivity index is 1.03. The molecule has 0 saturated carbocycles. The number of nitrogens with zero attached hydrogens (tertiary/aromatic N) is 5. The van der Waals surface area contributed by atoms with Crippen LogP contribution in [0.3, 0.4) is 0 Å². The first kappa shape index (κ1) is 29.7. The fourth-order valence-corrected chi connectivity index (χ4v) is 5.76. The summed E-state index contributed by atoms with van der Waals surface area (Å²) in [6.45, 7) is 4.13. The highest BCUT2D eigenvalue weighted by Crippen LogP contribution is 2.25. The molecule has 1 atom stereocenters. The van der Waals surface area contributed by atoms with Gasteiger partial charge in [0.2, 0.25) is 5.88 Å². The number of benzene rings is 2. The van der Waals surface area contributed by atoms with Gasteiger partial charge in [0.15, 0.2) is 0 Å². The third kappa shape index (κ3) is 7.05. The van der Waals surface area contributed by atoms with Gasteiger partial charge in [0.05, 0.1) is 65.8 Å². The highest BCUT2D eigenvalue weighted by molar-refractivity contribution is 5.92. The molecule has 0 spiro atoms. The van der Waals surface area contributed by atoms with Gasteiger partial charge >= 0.3 is 5.97 Å². The molecule has 1 N–H and O–H groups in total. The molecule has 0 aliphatic carbocycles. The van der Waals surface area contributed by atoms with E-state index in [9.17, 15) is 14.3 Å². The van der Waals surface area contributed by atoms with Crippen LogP contribution in [0.15, 0.2) is 54.6 Å². The van der Waals surface area contributed by atoms with Gasteiger partial charge in [-0.05, 0) is 62.1 Å². The van der Waals surface area contributed by atoms with Crippen molar-refractivity contribution in [2.24, 2.45) is 0 Å². The number of imidazole rings is 1. The Morgan fingerprint density at radius 2 is 1.95 bits per heavy atom. The Morgan fingerprint density at radius 3 is 2.70 bits per heavy atom. The number of carboxylic acids is 1. The van der Waals surface area contributed by atoms with E-state index >= 15 is 0 Å². The predicted octanol–water partition coefficient (Wildman–Crippen LogP) is 5.08. The third-order valence-corrected chi connectivity index (χ3v) is 8.19. The highest BCUT2D eigenvalue weighted by Gasteiger charge is 2.25. The summed E-state index contributed by atoms with van der Waals surface area (Å²) in [5.74, 6) is -0.138. The van der Waals surface area contributed by atoms with Crippen molar-refractivity contribution in [2.75, 3.05) is 19.7 Å². The van der Waals surface area contributed by atoms with E-state index in [2.05, 4.69) is 14.5 Å². The third-order valence-electron chi connectivity index (χ3n) is 8.19. The molecule has 0 amide bonds. The van der Waals surface area contributed by atoms with Crippen LogP contribution in [0.5, 0.6) is 5.88 Å². The Morgan fingerprint density at radius 1 is 1.09 bits per heavy atom. The molecule has 2 fully saturated rings. The summed E-state index contributed by atoms with van der Waals surface area (Å²) in [6.07, 6.45) is 3.95. The zero-order chi connectivity index (χ0) is 30.5. The molecule has 0 radical (unpaired) electrons. The summed E-state index contributed by atoms with van der Waals surface area (Å²) in [4.78, 5) is 23.4. The summed E-state index contributed by atoms with van der Waals surface area (Å²) in [5.41, 5.74) is 3.22. The van der Waals surface area contributed by atoms with Gasteiger partial charge in [-0.1, -0.05) is 12.1 Å². The van der Waals surface area contributed by atoms with Crippen molar-refractivity contribution in [3.05, 3.63) is 88.6 Å². The molecular weight excluding hydrogens is 565 g/mol. The molecule has 6 rings (SSSR count). The van der Waals surface area contributed by atoms with Crippen LogP contribution in [0.25, 0.3) is 11.0 Å². The van der Waals surface area contributed by atoms with E-state index in [1.165, 1.54) is 6.07 Å². The van der Waals surface area contributed by atoms with Gasteiger partial charge < -0.3 is 23.9 Å². The van der Waals surface area contributed by atoms with Crippen molar-refractivity contribution < 1.29 is 28.5 Å². The van der Waals surface area contributed by atoms with Gasteiger partial charge in [0, 0.05) is 31.3 Å². The van der Waals surface area contributed by atoms with Gasteiger partial charge in [-0.3, -0.25) is 4.90 Å². The first-order valence-electron chi connectivity index (χ1n) is 14.9. The fraction of sp³-hybridized carbons (Fsp3) is 0.394. The quantitative estimate of drug-likeness (QED) is 0.251. The van der Waals surface area contributed by atoms with Crippen LogP contribution in [0.1, 0.15) is 58.7 Å². The number of hydrogen-bond acceptors (Lipinski definition) is 8. The molecule has 2 aliphatic rings. The predicted molar refractivity (Wildman–Crippen MR) is 158 cm³/mol. The van der Waals surface area contributed by atoms with Gasteiger partial charge in [-0.15, -0.1) is 0 Å². The number of ether oxygens (including phenoxy) is 3. The molecule has 44 heavy (non-hydrogen) atoms. The molecule has 2 aliphatic heterocycles. The highest BCUT2D eigenvalue weighted by atomic mass is 19.1. The number of halogens is 1. The van der Waals surface area contributed by atoms with Crippen molar-refractivity contribution in [1.29, 1.82) is 5.26 Å². The van der Waals surface area contributed by atoms with Crippen LogP contribution < -0.4 is 4.74 Å². The van der Waals surface area contributed by atoms with Crippen LogP contribution in [0, 0.1) is 17.1 Å². The second kappa shape index (κ2) is 13.5. The average Bonchev–Trinajstić information content (AvgIpc) is 3.68. The zero-order valence-corrected chi connectivity index (χ0v) is 24.3. The maximum Gasteiger partial charge on any atom is 0.335 e. The number of aromatic nitrogens is 3. The van der Waals surface area contributed by atoms with Crippen molar-refractivity contribution in [1.82, 2.24) is 19.4 Å². The van der Waals surface area contributed by atoms with E-state index in [1.54, 1.807) is 36.4 Å². The minimum absolute atomic E-state index is 0.00944. The summed E-state index contributed by atoms with van der Waals surface area (Å²) in [5, 5.41) is 18.4. The molecule has 2 aromatic heterocycles. The molecule has 11 heteroatoms. The number of piperidine rings is 1. The van der Waals surface area contributed by atoms with E-state index in [1.807, 2.05) is 18.2 Å². The van der Waals surface area contributed by atoms with Crippen LogP contribution in [0.4, 0.5) is 4.39 Å². The lowest BCUT2D eigenvalue weighted by Gasteiger charge is -2.31. The topological polar surface area (TPSA) is 123 Å². The van der Waals surface area contributed by atoms with Crippen LogP contribution in [0.2, 0.25) is 0 Å². The van der Waals surface area contributed by atoms with Crippen molar-refractivity contribution >= 4 is 17.0 Å². The number of fused-ring (bicyclic) bond motifs is 1. The minimum atomic E-state index is -0.951. The van der Waals surface area contributed by atoms with E-state index in [-0.39, 0.29) is 29.9 Å². The Labute approximate surface area is 254 Å². The lowest BCUT2D eigenvalue weighted by Crippen LogP contribution is -2.37. The standard InChI is InChI=1S/C33H34FN5O5/c34-28-15-22(17-35)6-7-24(28)20-44-32-5-1-3-25(36-32)21-43-26-10-12-38(13-11-26)19-31-37-29-9-8-23(33(40)41)16-30(29)39(31)18-27-4-2-14-42-27/h1,3,5-9,15-16,26-27H,2,4,10-14,18-21H2,(H,40,41). The average molecular weight is 600 g/mol. The van der Waals surface area contributed by atoms with Crippen LogP contribution in [-0.4, -0.2) is 62.4 Å². The fourth-order valence-electron chi connectivity index (χ4n) is 5.76. The molecule has 2 aromatic carbocycles. The number of rotatable bonds is 11. The molecule has 2 saturated heterocycles. The van der Waals surface area contributed by atoms with E-state index in [0.29, 0.717) is 31.1 Å². The van der Waals surface area contributed by atoms with E-state index < -0.39 is 11.8 Å². The monoisotopic (exact) mass is 599 g/mol. The van der Waals surface area contributed by atoms with Gasteiger partial charge in [-0.2, -0.15) is 5.26 Å². The van der Waals surface area contributed by atoms with Gasteiger partial charge in [-0.25, -0.2) is 19.2 Å². The molecule has 10 nitrogen and oxygen atoms in total. The number of carbonyl (C=O) groups is 1. The van der Waals surface area contributed by atoms with Crippen LogP contribution >= 0.6 is 0 Å². The summed E-state index contributed by atoms with van der Waals surface area (Å²) in [7, 11) is 0. The van der Waals surface area contributed by atoms with E-state index in [4.69, 9.17) is 24.5 Å². The number of likely N-dealkylation sites (tertiary alicyclic amines) is 1. The summed E-state index contributed by atoms with van der Waals surface area (Å²) in [6, 6.07) is 16.7. The smallest absolute Gasteiger partial charge is 0.335 e. The lowest BCUT2D eigenvalue weighted by atomic mass is 10.1. The normalized spacial score (nSPS) is 17.6. The van der Waals surface area contributed by atoms with Crippen molar-refractivity contribution in [3.63, 3.8) is 0 Å². The molecular formula is C33H34FN5O5. The number of aromatic carboxylic acids is 1. The van der Waals surface area contributed by atoms with Crippen molar-refractivity contribution in [2.45, 2.75) is 64.2 Å². The SMILES string of the molecule is N#Cc1ccc(COc2cccc(COC3CCN(Cc4nc5ccc(C(=O)O)cc5n4CC4CCCO4)CC3)n2)c(F)c1. The van der Waals surface area contributed by atoms with Gasteiger partial charge in [0.1, 0.15) is 18.2 Å².